The lowest BCUT2D eigenvalue weighted by Gasteiger charge is -2.16. The molecule has 2 rings (SSSR count). The van der Waals surface area contributed by atoms with Crippen molar-refractivity contribution in [2.75, 3.05) is 19.0 Å². The third-order valence-electron chi connectivity index (χ3n) is 2.73. The second kappa shape index (κ2) is 6.41. The van der Waals surface area contributed by atoms with Gasteiger partial charge < -0.3 is 14.6 Å². The average Bonchev–Trinajstić information content (AvgIpc) is 2.82. The van der Waals surface area contributed by atoms with Gasteiger partial charge in [0.25, 0.3) is 0 Å². The van der Waals surface area contributed by atoms with Gasteiger partial charge in [-0.3, -0.25) is 0 Å². The first-order chi connectivity index (χ1) is 9.11. The van der Waals surface area contributed by atoms with Gasteiger partial charge in [-0.2, -0.15) is 0 Å². The average molecular weight is 345 g/mol. The predicted molar refractivity (Wildman–Crippen MR) is 81.2 cm³/mol. The Hall–Kier alpha value is -1.04. The van der Waals surface area contributed by atoms with Gasteiger partial charge in [0.1, 0.15) is 0 Å². The number of benzene rings is 1. The number of nitrogens with one attached hydrogen (secondary N) is 1. The molecule has 0 radical (unpaired) electrons. The Labute approximate surface area is 125 Å². The molecule has 4 nitrogen and oxygen atoms in total. The van der Waals surface area contributed by atoms with E-state index in [2.05, 4.69) is 33.2 Å². The number of ether oxygens (including phenoxy) is 1. The van der Waals surface area contributed by atoms with E-state index >= 15 is 0 Å². The highest BCUT2D eigenvalue weighted by Gasteiger charge is 2.11. The van der Waals surface area contributed by atoms with E-state index in [0.29, 0.717) is 11.6 Å². The number of methoxy groups -OCH3 is 1. The molecule has 1 unspecified atom stereocenters. The molecule has 0 saturated heterocycles. The maximum Gasteiger partial charge on any atom is 0.207 e. The summed E-state index contributed by atoms with van der Waals surface area (Å²) in [6.07, 6.45) is 3.66. The minimum atomic E-state index is 0.195. The molecule has 0 saturated carbocycles. The van der Waals surface area contributed by atoms with Crippen molar-refractivity contribution in [1.29, 1.82) is 0 Å². The highest BCUT2D eigenvalue weighted by Crippen LogP contribution is 2.28. The van der Waals surface area contributed by atoms with Crippen molar-refractivity contribution in [3.05, 3.63) is 40.1 Å². The van der Waals surface area contributed by atoms with E-state index in [-0.39, 0.29) is 6.04 Å². The minimum absolute atomic E-state index is 0.195. The molecule has 0 aliphatic carbocycles. The fourth-order valence-electron chi connectivity index (χ4n) is 1.80. The van der Waals surface area contributed by atoms with Gasteiger partial charge in [-0.05, 0) is 25.1 Å². The first kappa shape index (κ1) is 14.4. The Morgan fingerprint density at radius 3 is 3.05 bits per heavy atom. The molecule has 1 atom stereocenters. The third kappa shape index (κ3) is 3.49. The monoisotopic (exact) mass is 343 g/mol. The Morgan fingerprint density at radius 1 is 1.53 bits per heavy atom. The highest BCUT2D eigenvalue weighted by atomic mass is 79.9. The fourth-order valence-corrected chi connectivity index (χ4v) is 2.33. The molecule has 0 fully saturated rings. The quantitative estimate of drug-likeness (QED) is 0.881. The topological polar surface area (TPSA) is 39.1 Å². The summed E-state index contributed by atoms with van der Waals surface area (Å²) in [7, 11) is 1.69. The lowest BCUT2D eigenvalue weighted by molar-refractivity contribution is 0.163. The maximum absolute atomic E-state index is 6.16. The van der Waals surface area contributed by atoms with Crippen molar-refractivity contribution in [3.8, 4) is 0 Å². The number of anilines is 2. The minimum Gasteiger partial charge on any atom is -0.383 e. The van der Waals surface area contributed by atoms with Crippen LogP contribution in [0.3, 0.4) is 0 Å². The van der Waals surface area contributed by atoms with Gasteiger partial charge in [-0.1, -0.05) is 27.5 Å². The zero-order chi connectivity index (χ0) is 13.8. The lowest BCUT2D eigenvalue weighted by atomic mass is 10.3. The Bertz CT molecular complexity index is 559. The van der Waals surface area contributed by atoms with Crippen LogP contribution in [0.25, 0.3) is 0 Å². The summed E-state index contributed by atoms with van der Waals surface area (Å²) in [5, 5.41) is 3.89. The summed E-state index contributed by atoms with van der Waals surface area (Å²) in [5.74, 6) is 0.740. The van der Waals surface area contributed by atoms with Crippen LogP contribution in [0.5, 0.6) is 0 Å². The SMILES string of the molecule is COCC(C)n1ccnc1Nc1cc(Br)ccc1Cl. The van der Waals surface area contributed by atoms with Crippen LogP contribution < -0.4 is 5.32 Å². The molecule has 0 aliphatic heterocycles. The first-order valence-electron chi connectivity index (χ1n) is 5.85. The van der Waals surface area contributed by atoms with Crippen LogP contribution >= 0.6 is 27.5 Å². The van der Waals surface area contributed by atoms with E-state index in [0.717, 1.165) is 16.1 Å². The summed E-state index contributed by atoms with van der Waals surface area (Å²) in [6, 6.07) is 5.84. The molecule has 0 aliphatic rings. The standard InChI is InChI=1S/C13H15BrClN3O/c1-9(8-19-2)18-6-5-16-13(18)17-12-7-10(14)3-4-11(12)15/h3-7,9H,8H2,1-2H3,(H,16,17). The molecular formula is C13H15BrClN3O. The van der Waals surface area contributed by atoms with Crippen molar-refractivity contribution < 1.29 is 4.74 Å². The van der Waals surface area contributed by atoms with Gasteiger partial charge in [0, 0.05) is 24.0 Å². The van der Waals surface area contributed by atoms with Crippen molar-refractivity contribution in [2.24, 2.45) is 0 Å². The van der Waals surface area contributed by atoms with E-state index in [1.807, 2.05) is 29.0 Å². The molecule has 0 spiro atoms. The molecule has 102 valence electrons. The summed E-state index contributed by atoms with van der Waals surface area (Å²) >= 11 is 9.59. The van der Waals surface area contributed by atoms with E-state index in [1.165, 1.54) is 0 Å². The lowest BCUT2D eigenvalue weighted by Crippen LogP contribution is -2.12. The Morgan fingerprint density at radius 2 is 2.32 bits per heavy atom. The second-order valence-electron chi connectivity index (χ2n) is 4.21. The van der Waals surface area contributed by atoms with Gasteiger partial charge in [-0.15, -0.1) is 0 Å². The zero-order valence-electron chi connectivity index (χ0n) is 10.7. The summed E-state index contributed by atoms with van der Waals surface area (Å²) < 4.78 is 8.14. The number of imidazole rings is 1. The van der Waals surface area contributed by atoms with Crippen molar-refractivity contribution >= 4 is 39.2 Å². The van der Waals surface area contributed by atoms with Crippen molar-refractivity contribution in [1.82, 2.24) is 9.55 Å². The van der Waals surface area contributed by atoms with Gasteiger partial charge in [0.2, 0.25) is 5.95 Å². The number of aromatic nitrogens is 2. The normalized spacial score (nSPS) is 12.4. The van der Waals surface area contributed by atoms with E-state index in [4.69, 9.17) is 16.3 Å². The maximum atomic E-state index is 6.16. The molecule has 1 aromatic carbocycles. The summed E-state index contributed by atoms with van der Waals surface area (Å²) in [6.45, 7) is 2.69. The molecule has 2 aromatic rings. The highest BCUT2D eigenvalue weighted by molar-refractivity contribution is 9.10. The number of nitrogens with zero attached hydrogens (tertiary/aromatic N) is 2. The number of hydrogen-bond donors (Lipinski definition) is 1. The van der Waals surface area contributed by atoms with Crippen LogP contribution in [-0.2, 0) is 4.74 Å². The number of halogens is 2. The summed E-state index contributed by atoms with van der Waals surface area (Å²) in [5.41, 5.74) is 0.813. The smallest absolute Gasteiger partial charge is 0.207 e. The van der Waals surface area contributed by atoms with Crippen LogP contribution in [0, 0.1) is 0 Å². The van der Waals surface area contributed by atoms with Gasteiger partial charge in [0.15, 0.2) is 0 Å². The first-order valence-corrected chi connectivity index (χ1v) is 7.02. The van der Waals surface area contributed by atoms with E-state index < -0.39 is 0 Å². The zero-order valence-corrected chi connectivity index (χ0v) is 13.1. The molecule has 1 aromatic heterocycles. The fraction of sp³-hybridized carbons (Fsp3) is 0.308. The van der Waals surface area contributed by atoms with Crippen molar-refractivity contribution in [3.63, 3.8) is 0 Å². The third-order valence-corrected chi connectivity index (χ3v) is 3.55. The number of rotatable bonds is 5. The van der Waals surface area contributed by atoms with Gasteiger partial charge >= 0.3 is 0 Å². The van der Waals surface area contributed by atoms with Crippen LogP contribution in [0.15, 0.2) is 35.1 Å². The molecule has 0 amide bonds. The van der Waals surface area contributed by atoms with Gasteiger partial charge in [0.05, 0.1) is 23.4 Å². The van der Waals surface area contributed by atoms with Crippen LogP contribution in [-0.4, -0.2) is 23.3 Å². The Balaban J connectivity index is 2.24. The number of hydrogen-bond acceptors (Lipinski definition) is 3. The molecule has 1 N–H and O–H groups in total. The van der Waals surface area contributed by atoms with Gasteiger partial charge in [-0.25, -0.2) is 4.98 Å². The summed E-state index contributed by atoms with van der Waals surface area (Å²) in [4.78, 5) is 4.31. The largest absolute Gasteiger partial charge is 0.383 e. The van der Waals surface area contributed by atoms with Crippen LogP contribution in [0.4, 0.5) is 11.6 Å². The van der Waals surface area contributed by atoms with Crippen LogP contribution in [0.1, 0.15) is 13.0 Å². The molecule has 0 bridgehead atoms. The molecule has 19 heavy (non-hydrogen) atoms. The van der Waals surface area contributed by atoms with E-state index in [1.54, 1.807) is 13.3 Å². The van der Waals surface area contributed by atoms with Crippen molar-refractivity contribution in [2.45, 2.75) is 13.0 Å². The molecule has 1 heterocycles. The second-order valence-corrected chi connectivity index (χ2v) is 5.53. The molecular weight excluding hydrogens is 330 g/mol. The van der Waals surface area contributed by atoms with Crippen LogP contribution in [0.2, 0.25) is 5.02 Å². The molecule has 6 heteroatoms. The predicted octanol–water partition coefficient (Wildman–Crippen LogP) is 4.25. The van der Waals surface area contributed by atoms with E-state index in [9.17, 15) is 0 Å². The Kier molecular flexibility index (Phi) is 4.85.